The van der Waals surface area contributed by atoms with Gasteiger partial charge in [0.15, 0.2) is 0 Å². The maximum atomic E-state index is 13.0. The number of hydrogen-bond donors (Lipinski definition) is 1. The van der Waals surface area contributed by atoms with Crippen LogP contribution < -0.4 is 4.72 Å². The Morgan fingerprint density at radius 3 is 2.48 bits per heavy atom. The van der Waals surface area contributed by atoms with Gasteiger partial charge in [-0.1, -0.05) is 42.5 Å². The van der Waals surface area contributed by atoms with Crippen molar-refractivity contribution in [3.05, 3.63) is 83.1 Å². The molecule has 0 bridgehead atoms. The summed E-state index contributed by atoms with van der Waals surface area (Å²) in [4.78, 5) is 4.62. The van der Waals surface area contributed by atoms with Crippen molar-refractivity contribution in [2.75, 3.05) is 4.72 Å². The summed E-state index contributed by atoms with van der Waals surface area (Å²) in [6.07, 6.45) is 8.06. The molecule has 0 heterocycles. The van der Waals surface area contributed by atoms with Crippen LogP contribution >= 0.6 is 0 Å². The van der Waals surface area contributed by atoms with Gasteiger partial charge < -0.3 is 0 Å². The lowest BCUT2D eigenvalue weighted by Gasteiger charge is -2.14. The van der Waals surface area contributed by atoms with Crippen LogP contribution in [0.1, 0.15) is 42.0 Å². The maximum absolute atomic E-state index is 13.0. The van der Waals surface area contributed by atoms with E-state index in [-0.39, 0.29) is 0 Å². The van der Waals surface area contributed by atoms with Crippen LogP contribution in [0.5, 0.6) is 0 Å². The third-order valence-corrected chi connectivity index (χ3v) is 6.20. The minimum atomic E-state index is -3.64. The van der Waals surface area contributed by atoms with Crippen molar-refractivity contribution < 1.29 is 8.42 Å². The van der Waals surface area contributed by atoms with E-state index in [1.54, 1.807) is 12.3 Å². The Balaban J connectivity index is 2.07. The van der Waals surface area contributed by atoms with Crippen molar-refractivity contribution >= 4 is 21.9 Å². The zero-order valence-electron chi connectivity index (χ0n) is 17.7. The summed E-state index contributed by atoms with van der Waals surface area (Å²) >= 11 is 0. The quantitative estimate of drug-likeness (QED) is 0.524. The van der Waals surface area contributed by atoms with Gasteiger partial charge >= 0.3 is 0 Å². The minimum absolute atomic E-state index is 0.351. The van der Waals surface area contributed by atoms with Crippen LogP contribution in [0.2, 0.25) is 0 Å². The molecule has 2 rings (SSSR count). The average molecular weight is 411 g/mol. The minimum Gasteiger partial charge on any atom is -0.280 e. The van der Waals surface area contributed by atoms with Gasteiger partial charge in [-0.15, -0.1) is 0 Å². The normalized spacial score (nSPS) is 12.0. The number of sulfonamides is 1. The van der Waals surface area contributed by atoms with Crippen molar-refractivity contribution in [2.24, 2.45) is 4.99 Å². The maximum Gasteiger partial charge on any atom is 0.262 e. The van der Waals surface area contributed by atoms with E-state index in [9.17, 15) is 8.42 Å². The van der Waals surface area contributed by atoms with Crippen LogP contribution in [-0.4, -0.2) is 14.6 Å². The smallest absolute Gasteiger partial charge is 0.262 e. The Labute approximate surface area is 175 Å². The molecule has 0 saturated carbocycles. The first-order valence-corrected chi connectivity index (χ1v) is 11.2. The van der Waals surface area contributed by atoms with Crippen molar-refractivity contribution in [3.63, 3.8) is 0 Å². The molecule has 0 saturated heterocycles. The summed E-state index contributed by atoms with van der Waals surface area (Å²) in [6.45, 7) is 11.5. The lowest BCUT2D eigenvalue weighted by molar-refractivity contribution is 0.600. The monoisotopic (exact) mass is 410 g/mol. The number of rotatable bonds is 9. The van der Waals surface area contributed by atoms with Gasteiger partial charge in [-0.25, -0.2) is 8.42 Å². The zero-order valence-corrected chi connectivity index (χ0v) is 18.5. The first-order chi connectivity index (χ1) is 13.7. The molecule has 0 aliphatic rings. The summed E-state index contributed by atoms with van der Waals surface area (Å²) < 4.78 is 28.6. The van der Waals surface area contributed by atoms with Crippen molar-refractivity contribution in [2.45, 2.75) is 51.9 Å². The number of hydrogen-bond acceptors (Lipinski definition) is 3. The molecular formula is C24H30N2O2S. The molecule has 0 amide bonds. The molecule has 1 N–H and O–H groups in total. The molecule has 0 aliphatic heterocycles. The zero-order chi connectivity index (χ0) is 21.4. The van der Waals surface area contributed by atoms with Crippen LogP contribution in [0.3, 0.4) is 0 Å². The van der Waals surface area contributed by atoms with Crippen molar-refractivity contribution in [1.29, 1.82) is 0 Å². The van der Waals surface area contributed by atoms with E-state index in [0.717, 1.165) is 47.2 Å². The Morgan fingerprint density at radius 1 is 1.14 bits per heavy atom. The molecule has 0 atom stereocenters. The van der Waals surface area contributed by atoms with Gasteiger partial charge in [0.1, 0.15) is 0 Å². The highest BCUT2D eigenvalue weighted by Crippen LogP contribution is 2.25. The largest absolute Gasteiger partial charge is 0.280 e. The summed E-state index contributed by atoms with van der Waals surface area (Å²) in [7, 11) is -3.64. The third kappa shape index (κ3) is 6.71. The predicted octanol–water partition coefficient (Wildman–Crippen LogP) is 5.90. The van der Waals surface area contributed by atoms with E-state index >= 15 is 0 Å². The second kappa shape index (κ2) is 10.2. The fourth-order valence-corrected chi connectivity index (χ4v) is 4.89. The highest BCUT2D eigenvalue weighted by Gasteiger charge is 2.20. The second-order valence-electron chi connectivity index (χ2n) is 7.26. The first kappa shape index (κ1) is 22.6. The lowest BCUT2D eigenvalue weighted by Crippen LogP contribution is -2.16. The van der Waals surface area contributed by atoms with E-state index in [2.05, 4.69) is 16.3 Å². The topological polar surface area (TPSA) is 58.5 Å². The molecule has 0 unspecified atom stereocenters. The molecule has 0 fully saturated rings. The van der Waals surface area contributed by atoms with E-state index < -0.39 is 10.0 Å². The van der Waals surface area contributed by atoms with Crippen molar-refractivity contribution in [3.8, 4) is 0 Å². The number of benzene rings is 2. The molecule has 29 heavy (non-hydrogen) atoms. The van der Waals surface area contributed by atoms with E-state index in [1.807, 2.05) is 70.2 Å². The fraction of sp³-hybridized carbons (Fsp3) is 0.292. The Bertz CT molecular complexity index is 1010. The summed E-state index contributed by atoms with van der Waals surface area (Å²) in [5.74, 6) is 0. The number of allylic oxidation sites excluding steroid dienone is 3. The standard InChI is InChI=1S/C24H30N2O2S/c1-6-7-14-25-21(5)10-8-11-22-12-9-13-23(17-22)26-29(27,28)24-19(3)15-18(2)16-20(24)4/h6-7,9,12-17,26H,5,8,10-11H2,1-4H3/b7-6-,25-14?. The SMILES string of the molecule is C=C(CCCc1cccc(NS(=O)(=O)c2c(C)cc(C)cc2C)c1)N=C/C=C\C. The van der Waals surface area contributed by atoms with Gasteiger partial charge in [0.05, 0.1) is 4.90 Å². The van der Waals surface area contributed by atoms with E-state index in [0.29, 0.717) is 10.6 Å². The van der Waals surface area contributed by atoms with E-state index in [1.165, 1.54) is 0 Å². The van der Waals surface area contributed by atoms with Crippen molar-refractivity contribution in [1.82, 2.24) is 0 Å². The Hall–Kier alpha value is -2.66. The van der Waals surface area contributed by atoms with Gasteiger partial charge in [-0.2, -0.15) is 0 Å². The van der Waals surface area contributed by atoms with Crippen LogP contribution in [-0.2, 0) is 16.4 Å². The van der Waals surface area contributed by atoms with E-state index in [4.69, 9.17) is 0 Å². The first-order valence-electron chi connectivity index (χ1n) is 9.75. The number of anilines is 1. The summed E-state index contributed by atoms with van der Waals surface area (Å²) in [6, 6.07) is 11.3. The predicted molar refractivity (Wildman–Crippen MR) is 123 cm³/mol. The third-order valence-electron chi connectivity index (χ3n) is 4.52. The van der Waals surface area contributed by atoms with Gasteiger partial charge in [-0.05, 0) is 81.9 Å². The molecule has 2 aromatic rings. The fourth-order valence-electron chi connectivity index (χ4n) is 3.38. The average Bonchev–Trinajstić information content (AvgIpc) is 2.60. The van der Waals surface area contributed by atoms with Gasteiger partial charge in [0.25, 0.3) is 10.0 Å². The molecule has 154 valence electrons. The molecule has 0 radical (unpaired) electrons. The number of aryl methyl sites for hydroxylation is 4. The highest BCUT2D eigenvalue weighted by atomic mass is 32.2. The Kier molecular flexibility index (Phi) is 7.97. The van der Waals surface area contributed by atoms with Crippen LogP contribution in [0.15, 0.2) is 70.7 Å². The number of nitrogens with zero attached hydrogens (tertiary/aromatic N) is 1. The number of aliphatic imine (C=N–C) groups is 1. The number of nitrogens with one attached hydrogen (secondary N) is 1. The molecule has 4 nitrogen and oxygen atoms in total. The second-order valence-corrected chi connectivity index (χ2v) is 8.88. The summed E-state index contributed by atoms with van der Waals surface area (Å²) in [5, 5.41) is 0. The van der Waals surface area contributed by atoms with Crippen LogP contribution in [0.25, 0.3) is 0 Å². The highest BCUT2D eigenvalue weighted by molar-refractivity contribution is 7.92. The molecule has 0 spiro atoms. The molecule has 0 aromatic heterocycles. The molecule has 2 aromatic carbocycles. The van der Waals surface area contributed by atoms with Crippen LogP contribution in [0, 0.1) is 20.8 Å². The van der Waals surface area contributed by atoms with Crippen LogP contribution in [0.4, 0.5) is 5.69 Å². The van der Waals surface area contributed by atoms with Gasteiger partial charge in [-0.3, -0.25) is 9.71 Å². The Morgan fingerprint density at radius 2 is 1.83 bits per heavy atom. The molecular weight excluding hydrogens is 380 g/mol. The van der Waals surface area contributed by atoms with Gasteiger partial charge in [0, 0.05) is 17.6 Å². The summed E-state index contributed by atoms with van der Waals surface area (Å²) in [5.41, 5.74) is 5.05. The lowest BCUT2D eigenvalue weighted by atomic mass is 10.1. The molecule has 0 aliphatic carbocycles. The molecule has 5 heteroatoms. The van der Waals surface area contributed by atoms with Gasteiger partial charge in [0.2, 0.25) is 0 Å².